The monoisotopic (exact) mass is 286 g/mol. The fraction of sp³-hybridized carbons (Fsp3) is 1.00. The third kappa shape index (κ3) is 7.61. The van der Waals surface area contributed by atoms with Crippen molar-refractivity contribution in [2.24, 2.45) is 0 Å². The highest BCUT2D eigenvalue weighted by Gasteiger charge is 2.36. The minimum Gasteiger partial charge on any atom is -0.396 e. The Labute approximate surface area is 125 Å². The van der Waals surface area contributed by atoms with Gasteiger partial charge in [-0.15, -0.1) is 0 Å². The van der Waals surface area contributed by atoms with Gasteiger partial charge in [0.15, 0.2) is 5.79 Å². The molecule has 1 rings (SSSR count). The second kappa shape index (κ2) is 10.6. The minimum absolute atomic E-state index is 0.213. The highest BCUT2D eigenvalue weighted by Crippen LogP contribution is 2.30. The Balaban J connectivity index is 1.95. The summed E-state index contributed by atoms with van der Waals surface area (Å²) in [6, 6.07) is 0. The maximum atomic E-state index is 8.87. The van der Waals surface area contributed by atoms with Crippen LogP contribution in [0.3, 0.4) is 0 Å². The van der Waals surface area contributed by atoms with Crippen LogP contribution in [0, 0.1) is 0 Å². The summed E-state index contributed by atoms with van der Waals surface area (Å²) in [6.45, 7) is 5.19. The van der Waals surface area contributed by atoms with Crippen molar-refractivity contribution >= 4 is 0 Å². The predicted octanol–water partition coefficient (Wildman–Crippen LogP) is 4.42. The summed E-state index contributed by atoms with van der Waals surface area (Å²) in [5.74, 6) is -0.451. The smallest absolute Gasteiger partial charge is 0.166 e. The van der Waals surface area contributed by atoms with Gasteiger partial charge in [-0.25, -0.2) is 0 Å². The molecule has 1 N–H and O–H groups in total. The van der Waals surface area contributed by atoms with Crippen molar-refractivity contribution in [1.29, 1.82) is 0 Å². The van der Waals surface area contributed by atoms with Crippen LogP contribution in [0.4, 0.5) is 0 Å². The molecule has 120 valence electrons. The first kappa shape index (κ1) is 17.9. The molecule has 1 aliphatic rings. The third-order valence-corrected chi connectivity index (χ3v) is 4.16. The zero-order valence-corrected chi connectivity index (χ0v) is 13.5. The van der Waals surface area contributed by atoms with Crippen LogP contribution >= 0.6 is 0 Å². The summed E-state index contributed by atoms with van der Waals surface area (Å²) in [5, 5.41) is 8.87. The maximum Gasteiger partial charge on any atom is 0.166 e. The molecule has 0 radical (unpaired) electrons. The Morgan fingerprint density at radius 3 is 2.30 bits per heavy atom. The van der Waals surface area contributed by atoms with E-state index >= 15 is 0 Å². The standard InChI is InChI=1S/C17H34O3/c1-3-4-5-6-7-8-9-10-12-16-15-19-17(2,20-16)13-11-14-18/h16,18H,3-15H2,1-2H3. The van der Waals surface area contributed by atoms with Crippen LogP contribution < -0.4 is 0 Å². The van der Waals surface area contributed by atoms with Crippen LogP contribution in [0.25, 0.3) is 0 Å². The Hall–Kier alpha value is -0.120. The lowest BCUT2D eigenvalue weighted by atomic mass is 10.1. The Kier molecular flexibility index (Phi) is 9.49. The van der Waals surface area contributed by atoms with Crippen molar-refractivity contribution in [3.8, 4) is 0 Å². The summed E-state index contributed by atoms with van der Waals surface area (Å²) in [7, 11) is 0. The average molecular weight is 286 g/mol. The van der Waals surface area contributed by atoms with Crippen molar-refractivity contribution in [1.82, 2.24) is 0 Å². The van der Waals surface area contributed by atoms with Crippen molar-refractivity contribution in [2.45, 2.75) is 96.4 Å². The molecular weight excluding hydrogens is 252 g/mol. The number of ether oxygens (including phenoxy) is 2. The lowest BCUT2D eigenvalue weighted by Crippen LogP contribution is -2.26. The summed E-state index contributed by atoms with van der Waals surface area (Å²) < 4.78 is 11.7. The summed E-state index contributed by atoms with van der Waals surface area (Å²) in [4.78, 5) is 0. The molecule has 1 aliphatic heterocycles. The van der Waals surface area contributed by atoms with Crippen molar-refractivity contribution < 1.29 is 14.6 Å². The van der Waals surface area contributed by atoms with Gasteiger partial charge in [0.2, 0.25) is 0 Å². The molecule has 1 heterocycles. The lowest BCUT2D eigenvalue weighted by Gasteiger charge is -2.22. The van der Waals surface area contributed by atoms with Crippen LogP contribution in [0.5, 0.6) is 0 Å². The first-order valence-corrected chi connectivity index (χ1v) is 8.63. The molecule has 0 aromatic rings. The van der Waals surface area contributed by atoms with Crippen molar-refractivity contribution in [3.05, 3.63) is 0 Å². The zero-order valence-electron chi connectivity index (χ0n) is 13.5. The molecule has 2 unspecified atom stereocenters. The number of hydrogen-bond donors (Lipinski definition) is 1. The molecule has 20 heavy (non-hydrogen) atoms. The van der Waals surface area contributed by atoms with E-state index in [9.17, 15) is 0 Å². The fourth-order valence-corrected chi connectivity index (χ4v) is 2.87. The quantitative estimate of drug-likeness (QED) is 0.540. The molecule has 2 atom stereocenters. The van der Waals surface area contributed by atoms with Crippen LogP contribution in [0.15, 0.2) is 0 Å². The molecule has 0 aromatic heterocycles. The van der Waals surface area contributed by atoms with Gasteiger partial charge in [-0.05, 0) is 19.8 Å². The lowest BCUT2D eigenvalue weighted by molar-refractivity contribution is -0.160. The van der Waals surface area contributed by atoms with Crippen LogP contribution in [-0.2, 0) is 9.47 Å². The van der Waals surface area contributed by atoms with E-state index in [1.54, 1.807) is 0 Å². The van der Waals surface area contributed by atoms with Gasteiger partial charge < -0.3 is 14.6 Å². The zero-order chi connectivity index (χ0) is 14.7. The largest absolute Gasteiger partial charge is 0.396 e. The van der Waals surface area contributed by atoms with E-state index in [0.29, 0.717) is 0 Å². The Morgan fingerprint density at radius 1 is 1.00 bits per heavy atom. The Morgan fingerprint density at radius 2 is 1.65 bits per heavy atom. The van der Waals surface area contributed by atoms with Crippen molar-refractivity contribution in [2.75, 3.05) is 13.2 Å². The van der Waals surface area contributed by atoms with Gasteiger partial charge in [-0.1, -0.05) is 58.3 Å². The average Bonchev–Trinajstić information content (AvgIpc) is 2.82. The molecule has 0 aromatic carbocycles. The Bertz CT molecular complexity index is 232. The van der Waals surface area contributed by atoms with E-state index in [-0.39, 0.29) is 12.7 Å². The number of rotatable bonds is 12. The van der Waals surface area contributed by atoms with Gasteiger partial charge in [0.05, 0.1) is 12.7 Å². The first-order chi connectivity index (χ1) is 9.70. The third-order valence-electron chi connectivity index (χ3n) is 4.16. The summed E-state index contributed by atoms with van der Waals surface area (Å²) in [6.07, 6.45) is 13.7. The maximum absolute atomic E-state index is 8.87. The molecule has 0 saturated carbocycles. The topological polar surface area (TPSA) is 38.7 Å². The molecule has 1 saturated heterocycles. The number of aliphatic hydroxyl groups is 1. The number of hydrogen-bond acceptors (Lipinski definition) is 3. The highest BCUT2D eigenvalue weighted by atomic mass is 16.7. The molecule has 3 heteroatoms. The first-order valence-electron chi connectivity index (χ1n) is 8.63. The van der Waals surface area contributed by atoms with E-state index < -0.39 is 5.79 Å². The van der Waals surface area contributed by atoms with Crippen LogP contribution in [-0.4, -0.2) is 30.2 Å². The van der Waals surface area contributed by atoms with Gasteiger partial charge in [0.1, 0.15) is 0 Å². The fourth-order valence-electron chi connectivity index (χ4n) is 2.87. The minimum atomic E-state index is -0.451. The van der Waals surface area contributed by atoms with Gasteiger partial charge in [0, 0.05) is 13.0 Å². The molecule has 3 nitrogen and oxygen atoms in total. The normalized spacial score (nSPS) is 26.2. The molecule has 0 aliphatic carbocycles. The van der Waals surface area contributed by atoms with Gasteiger partial charge in [0.25, 0.3) is 0 Å². The summed E-state index contributed by atoms with van der Waals surface area (Å²) >= 11 is 0. The molecule has 1 fully saturated rings. The second-order valence-corrected chi connectivity index (χ2v) is 6.28. The highest BCUT2D eigenvalue weighted by molar-refractivity contribution is 4.75. The van der Waals surface area contributed by atoms with E-state index in [1.807, 2.05) is 6.92 Å². The van der Waals surface area contributed by atoms with Crippen LogP contribution in [0.2, 0.25) is 0 Å². The van der Waals surface area contributed by atoms with Gasteiger partial charge in [-0.2, -0.15) is 0 Å². The predicted molar refractivity (Wildman–Crippen MR) is 82.8 cm³/mol. The molecular formula is C17H34O3. The molecule has 0 bridgehead atoms. The van der Waals surface area contributed by atoms with E-state index in [2.05, 4.69) is 6.92 Å². The van der Waals surface area contributed by atoms with E-state index in [4.69, 9.17) is 14.6 Å². The molecule has 0 spiro atoms. The van der Waals surface area contributed by atoms with E-state index in [1.165, 1.54) is 51.4 Å². The second-order valence-electron chi connectivity index (χ2n) is 6.28. The number of aliphatic hydroxyl groups excluding tert-OH is 1. The SMILES string of the molecule is CCCCCCCCCCC1COC(C)(CCCO)O1. The van der Waals surface area contributed by atoms with Gasteiger partial charge >= 0.3 is 0 Å². The van der Waals surface area contributed by atoms with Crippen molar-refractivity contribution in [3.63, 3.8) is 0 Å². The summed E-state index contributed by atoms with van der Waals surface area (Å²) in [5.41, 5.74) is 0. The van der Waals surface area contributed by atoms with Gasteiger partial charge in [-0.3, -0.25) is 0 Å². The number of unbranched alkanes of at least 4 members (excludes halogenated alkanes) is 7. The molecule has 0 amide bonds. The van der Waals surface area contributed by atoms with E-state index in [0.717, 1.165) is 25.9 Å². The van der Waals surface area contributed by atoms with Crippen LogP contribution in [0.1, 0.15) is 84.5 Å².